The zero-order valence-corrected chi connectivity index (χ0v) is 15.7. The zero-order chi connectivity index (χ0) is 21.3. The number of carboxylic acids is 1. The first kappa shape index (κ1) is 22.4. The Bertz CT molecular complexity index is 787. The lowest BCUT2D eigenvalue weighted by atomic mass is 10.1. The van der Waals surface area contributed by atoms with E-state index in [0.717, 1.165) is 38.0 Å². The summed E-state index contributed by atoms with van der Waals surface area (Å²) in [5.41, 5.74) is 1.97. The molecule has 158 valence electrons. The van der Waals surface area contributed by atoms with Crippen LogP contribution in [0.5, 0.6) is 0 Å². The highest BCUT2D eigenvalue weighted by molar-refractivity contribution is 5.90. The van der Waals surface area contributed by atoms with Gasteiger partial charge in [0.1, 0.15) is 0 Å². The van der Waals surface area contributed by atoms with Crippen LogP contribution in [0.3, 0.4) is 0 Å². The molecule has 2 heterocycles. The minimum Gasteiger partial charge on any atom is -0.475 e. The van der Waals surface area contributed by atoms with Crippen molar-refractivity contribution in [3.63, 3.8) is 0 Å². The van der Waals surface area contributed by atoms with Gasteiger partial charge in [-0.15, -0.1) is 0 Å². The summed E-state index contributed by atoms with van der Waals surface area (Å²) in [4.78, 5) is 20.9. The number of anilines is 1. The fourth-order valence-electron chi connectivity index (χ4n) is 2.80. The van der Waals surface area contributed by atoms with Crippen LogP contribution in [0.2, 0.25) is 0 Å². The first-order valence-electron chi connectivity index (χ1n) is 9.14. The topological polar surface area (TPSA) is 96.3 Å². The number of nitrogens with zero attached hydrogens (tertiary/aromatic N) is 2. The molecule has 3 rings (SSSR count). The highest BCUT2D eigenvalue weighted by Gasteiger charge is 2.38. The van der Waals surface area contributed by atoms with Gasteiger partial charge >= 0.3 is 12.1 Å². The van der Waals surface area contributed by atoms with Crippen molar-refractivity contribution < 1.29 is 27.9 Å². The van der Waals surface area contributed by atoms with E-state index in [-0.39, 0.29) is 5.91 Å². The molecule has 0 radical (unpaired) electrons. The average Bonchev–Trinajstić information content (AvgIpc) is 3.16. The van der Waals surface area contributed by atoms with Crippen LogP contribution in [-0.2, 0) is 16.0 Å². The highest BCUT2D eigenvalue weighted by atomic mass is 19.4. The van der Waals surface area contributed by atoms with Crippen LogP contribution in [0.1, 0.15) is 30.9 Å². The molecule has 1 fully saturated rings. The molecule has 29 heavy (non-hydrogen) atoms. The van der Waals surface area contributed by atoms with Crippen LogP contribution in [0, 0.1) is 0 Å². The molecular weight excluding hydrogens is 389 g/mol. The van der Waals surface area contributed by atoms with E-state index in [1.807, 2.05) is 41.2 Å². The number of piperidine rings is 1. The summed E-state index contributed by atoms with van der Waals surface area (Å²) < 4.78 is 33.7. The predicted octanol–water partition coefficient (Wildman–Crippen LogP) is 3.01. The van der Waals surface area contributed by atoms with E-state index in [9.17, 15) is 18.0 Å². The lowest BCUT2D eigenvalue weighted by Gasteiger charge is -2.22. The van der Waals surface area contributed by atoms with Gasteiger partial charge in [0.25, 0.3) is 0 Å². The minimum absolute atomic E-state index is 0.0358. The number of alkyl halides is 3. The molecule has 7 nitrogen and oxygen atoms in total. The normalized spacial score (nSPS) is 14.6. The Morgan fingerprint density at radius 2 is 1.83 bits per heavy atom. The Kier molecular flexibility index (Phi) is 8.20. The van der Waals surface area contributed by atoms with Crippen LogP contribution in [-0.4, -0.2) is 46.0 Å². The number of benzene rings is 1. The second kappa shape index (κ2) is 10.6. The Hall–Kier alpha value is -2.88. The quantitative estimate of drug-likeness (QED) is 0.702. The van der Waals surface area contributed by atoms with Crippen molar-refractivity contribution in [3.05, 3.63) is 48.3 Å². The number of hydrogen-bond donors (Lipinski definition) is 3. The number of aromatic nitrogens is 2. The van der Waals surface area contributed by atoms with Gasteiger partial charge in [0.05, 0.1) is 17.9 Å². The van der Waals surface area contributed by atoms with Crippen LogP contribution >= 0.6 is 0 Å². The molecule has 0 spiro atoms. The van der Waals surface area contributed by atoms with Crippen LogP contribution < -0.4 is 10.6 Å². The monoisotopic (exact) mass is 412 g/mol. The molecule has 0 unspecified atom stereocenters. The fourth-order valence-corrected chi connectivity index (χ4v) is 2.80. The van der Waals surface area contributed by atoms with Crippen molar-refractivity contribution in [1.82, 2.24) is 15.1 Å². The number of carbonyl (C=O) groups is 2. The number of rotatable bonds is 5. The van der Waals surface area contributed by atoms with Crippen molar-refractivity contribution in [2.24, 2.45) is 0 Å². The molecule has 0 saturated carbocycles. The lowest BCUT2D eigenvalue weighted by molar-refractivity contribution is -0.192. The summed E-state index contributed by atoms with van der Waals surface area (Å²) >= 11 is 0. The van der Waals surface area contributed by atoms with Crippen LogP contribution in [0.15, 0.2) is 42.7 Å². The summed E-state index contributed by atoms with van der Waals surface area (Å²) in [7, 11) is 0. The number of hydrogen-bond acceptors (Lipinski definition) is 4. The molecule has 0 atom stereocenters. The van der Waals surface area contributed by atoms with Crippen LogP contribution in [0.25, 0.3) is 0 Å². The first-order chi connectivity index (χ1) is 13.8. The van der Waals surface area contributed by atoms with Gasteiger partial charge in [0.15, 0.2) is 0 Å². The van der Waals surface area contributed by atoms with Gasteiger partial charge in [0, 0.05) is 12.6 Å². The predicted molar refractivity (Wildman–Crippen MR) is 100 cm³/mol. The molecule has 3 N–H and O–H groups in total. The summed E-state index contributed by atoms with van der Waals surface area (Å²) in [6.07, 6.45) is 2.02. The fraction of sp³-hybridized carbons (Fsp3) is 0.421. The summed E-state index contributed by atoms with van der Waals surface area (Å²) in [5.74, 6) is -2.72. The minimum atomic E-state index is -5.08. The molecule has 1 amide bonds. The first-order valence-corrected chi connectivity index (χ1v) is 9.14. The third kappa shape index (κ3) is 7.94. The van der Waals surface area contributed by atoms with Gasteiger partial charge in [-0.2, -0.15) is 18.3 Å². The van der Waals surface area contributed by atoms with Crippen molar-refractivity contribution in [3.8, 4) is 0 Å². The smallest absolute Gasteiger partial charge is 0.475 e. The summed E-state index contributed by atoms with van der Waals surface area (Å²) in [6.45, 7) is 2.06. The largest absolute Gasteiger partial charge is 0.490 e. The van der Waals surface area contributed by atoms with E-state index in [1.165, 1.54) is 5.56 Å². The molecule has 0 bridgehead atoms. The SMILES string of the molecule is O=C(CCc1ccccc1)Nc1cnn(C2CCNCC2)c1.O=C(O)C(F)(F)F. The van der Waals surface area contributed by atoms with Gasteiger partial charge in [0.2, 0.25) is 5.91 Å². The van der Waals surface area contributed by atoms with Crippen molar-refractivity contribution in [2.45, 2.75) is 37.9 Å². The number of carboxylic acid groups (broad SMARTS) is 1. The van der Waals surface area contributed by atoms with E-state index in [4.69, 9.17) is 9.90 Å². The Morgan fingerprint density at radius 1 is 1.21 bits per heavy atom. The van der Waals surface area contributed by atoms with Gasteiger partial charge in [-0.05, 0) is 37.9 Å². The third-order valence-corrected chi connectivity index (χ3v) is 4.29. The standard InChI is InChI=1S/C17H22N4O.C2HF3O2/c22-17(7-6-14-4-2-1-3-5-14)20-15-12-19-21(13-15)16-8-10-18-11-9-16;3-2(4,5)1(6)7/h1-5,12-13,16,18H,6-11H2,(H,20,22);(H,6,7). The molecule has 1 saturated heterocycles. The maximum Gasteiger partial charge on any atom is 0.490 e. The molecule has 10 heteroatoms. The second-order valence-electron chi connectivity index (χ2n) is 6.53. The molecule has 2 aromatic rings. The lowest BCUT2D eigenvalue weighted by Crippen LogP contribution is -2.29. The number of nitrogens with one attached hydrogen (secondary N) is 2. The van der Waals surface area contributed by atoms with Crippen molar-refractivity contribution in [1.29, 1.82) is 0 Å². The van der Waals surface area contributed by atoms with E-state index in [0.29, 0.717) is 12.5 Å². The van der Waals surface area contributed by atoms with E-state index >= 15 is 0 Å². The molecular formula is C19H23F3N4O3. The van der Waals surface area contributed by atoms with Crippen LogP contribution in [0.4, 0.5) is 18.9 Å². The zero-order valence-electron chi connectivity index (χ0n) is 15.7. The number of aryl methyl sites for hydroxylation is 1. The molecule has 1 aromatic carbocycles. The molecule has 0 aliphatic carbocycles. The Morgan fingerprint density at radius 3 is 2.41 bits per heavy atom. The maximum atomic E-state index is 12.0. The van der Waals surface area contributed by atoms with Crippen molar-refractivity contribution >= 4 is 17.6 Å². The summed E-state index contributed by atoms with van der Waals surface area (Å²) in [5, 5.41) is 17.8. The van der Waals surface area contributed by atoms with Gasteiger partial charge in [-0.25, -0.2) is 4.79 Å². The number of amides is 1. The van der Waals surface area contributed by atoms with E-state index in [1.54, 1.807) is 6.20 Å². The second-order valence-corrected chi connectivity index (χ2v) is 6.53. The average molecular weight is 412 g/mol. The number of carbonyl (C=O) groups excluding carboxylic acids is 1. The Balaban J connectivity index is 0.000000370. The van der Waals surface area contributed by atoms with Gasteiger partial charge in [-0.3, -0.25) is 9.48 Å². The van der Waals surface area contributed by atoms with Crippen molar-refractivity contribution in [2.75, 3.05) is 18.4 Å². The highest BCUT2D eigenvalue weighted by Crippen LogP contribution is 2.19. The van der Waals surface area contributed by atoms with Gasteiger partial charge in [-0.1, -0.05) is 30.3 Å². The van der Waals surface area contributed by atoms with E-state index < -0.39 is 12.1 Å². The van der Waals surface area contributed by atoms with E-state index in [2.05, 4.69) is 15.7 Å². The third-order valence-electron chi connectivity index (χ3n) is 4.29. The number of aliphatic carboxylic acids is 1. The molecule has 1 aromatic heterocycles. The molecule has 1 aliphatic rings. The Labute approximate surface area is 165 Å². The van der Waals surface area contributed by atoms with Gasteiger partial charge < -0.3 is 15.7 Å². The summed E-state index contributed by atoms with van der Waals surface area (Å²) in [6, 6.07) is 10.5. The maximum absolute atomic E-state index is 12.0. The number of halogens is 3. The molecule has 1 aliphatic heterocycles.